The first-order chi connectivity index (χ1) is 12.0. The maximum atomic E-state index is 12.4. The summed E-state index contributed by atoms with van der Waals surface area (Å²) in [7, 11) is 0. The molecule has 2 heterocycles. The molecular formula is C16H24ClN5O3S. The maximum Gasteiger partial charge on any atom is 0.318 e. The molecule has 0 aliphatic carbocycles. The zero-order valence-corrected chi connectivity index (χ0v) is 16.9. The van der Waals surface area contributed by atoms with E-state index in [-0.39, 0.29) is 28.5 Å². The van der Waals surface area contributed by atoms with Crippen LogP contribution in [0.1, 0.15) is 27.7 Å². The maximum absolute atomic E-state index is 12.4. The molecule has 144 valence electrons. The predicted octanol–water partition coefficient (Wildman–Crippen LogP) is 2.33. The lowest BCUT2D eigenvalue weighted by Gasteiger charge is -2.41. The summed E-state index contributed by atoms with van der Waals surface area (Å²) < 4.78 is 0. The molecule has 1 aliphatic heterocycles. The number of nitrogens with zero attached hydrogens (tertiary/aromatic N) is 4. The van der Waals surface area contributed by atoms with E-state index in [4.69, 9.17) is 16.7 Å². The number of anilines is 1. The molecule has 0 radical (unpaired) electrons. The third kappa shape index (κ3) is 5.91. The lowest BCUT2D eigenvalue weighted by molar-refractivity contribution is -0.133. The van der Waals surface area contributed by atoms with Gasteiger partial charge in [0.25, 0.3) is 0 Å². The zero-order valence-electron chi connectivity index (χ0n) is 15.3. The molecule has 1 saturated heterocycles. The third-order valence-electron chi connectivity index (χ3n) is 3.68. The number of halogens is 1. The molecule has 1 aromatic heterocycles. The number of thioether (sulfide) groups is 1. The Bertz CT molecular complexity index is 682. The number of aromatic nitrogens is 2. The summed E-state index contributed by atoms with van der Waals surface area (Å²) in [5, 5.41) is 12.4. The highest BCUT2D eigenvalue weighted by molar-refractivity contribution is 7.99. The number of hydrogen-bond donors (Lipinski definition) is 2. The van der Waals surface area contributed by atoms with Gasteiger partial charge in [0.05, 0.1) is 5.75 Å². The Kier molecular flexibility index (Phi) is 6.57. The lowest BCUT2D eigenvalue weighted by Crippen LogP contribution is -2.59. The van der Waals surface area contributed by atoms with Crippen molar-refractivity contribution in [2.45, 2.75) is 44.4 Å². The van der Waals surface area contributed by atoms with E-state index < -0.39 is 5.97 Å². The van der Waals surface area contributed by atoms with Gasteiger partial charge in [-0.3, -0.25) is 4.79 Å². The van der Waals surface area contributed by atoms with Gasteiger partial charge in [0.1, 0.15) is 11.0 Å². The van der Waals surface area contributed by atoms with Crippen LogP contribution in [-0.4, -0.2) is 68.9 Å². The molecule has 0 bridgehead atoms. The first-order valence-electron chi connectivity index (χ1n) is 8.28. The topological polar surface area (TPSA) is 98.7 Å². The van der Waals surface area contributed by atoms with Gasteiger partial charge >= 0.3 is 12.0 Å². The van der Waals surface area contributed by atoms with Gasteiger partial charge in [-0.2, -0.15) is 0 Å². The number of nitrogens with one attached hydrogen (secondary N) is 1. The SMILES string of the molecule is C[C@@H]1CN(c2cc(Cl)nc(SCC(=O)O)n2)CCN1C(=O)NC(C)(C)C. The number of carboxylic acid groups (broad SMARTS) is 1. The molecule has 2 amide bonds. The number of hydrogen-bond acceptors (Lipinski definition) is 6. The van der Waals surface area contributed by atoms with Crippen LogP contribution in [0, 0.1) is 0 Å². The van der Waals surface area contributed by atoms with Crippen LogP contribution in [0.4, 0.5) is 10.6 Å². The van der Waals surface area contributed by atoms with Gasteiger partial charge in [-0.05, 0) is 27.7 Å². The van der Waals surface area contributed by atoms with E-state index >= 15 is 0 Å². The molecule has 2 rings (SSSR count). The van der Waals surface area contributed by atoms with Crippen LogP contribution >= 0.6 is 23.4 Å². The fourth-order valence-electron chi connectivity index (χ4n) is 2.60. The summed E-state index contributed by atoms with van der Waals surface area (Å²) in [6.45, 7) is 9.60. The number of aliphatic carboxylic acids is 1. The van der Waals surface area contributed by atoms with E-state index in [0.29, 0.717) is 30.6 Å². The highest BCUT2D eigenvalue weighted by atomic mass is 35.5. The minimum absolute atomic E-state index is 0.00466. The van der Waals surface area contributed by atoms with Crippen LogP contribution in [0.25, 0.3) is 0 Å². The summed E-state index contributed by atoms with van der Waals surface area (Å²) in [4.78, 5) is 35.4. The van der Waals surface area contributed by atoms with E-state index in [1.807, 2.05) is 37.5 Å². The van der Waals surface area contributed by atoms with Gasteiger partial charge in [-0.15, -0.1) is 0 Å². The van der Waals surface area contributed by atoms with Crippen molar-refractivity contribution in [3.05, 3.63) is 11.2 Å². The van der Waals surface area contributed by atoms with Crippen molar-refractivity contribution in [1.82, 2.24) is 20.2 Å². The molecule has 10 heteroatoms. The first-order valence-corrected chi connectivity index (χ1v) is 9.64. The molecule has 1 aliphatic rings. The van der Waals surface area contributed by atoms with Crippen LogP contribution in [0.2, 0.25) is 5.15 Å². The van der Waals surface area contributed by atoms with Crippen molar-refractivity contribution in [3.63, 3.8) is 0 Å². The lowest BCUT2D eigenvalue weighted by atomic mass is 10.1. The summed E-state index contributed by atoms with van der Waals surface area (Å²) >= 11 is 7.09. The Morgan fingerprint density at radius 2 is 2.08 bits per heavy atom. The molecule has 2 N–H and O–H groups in total. The Labute approximate surface area is 162 Å². The summed E-state index contributed by atoms with van der Waals surface area (Å²) in [5.41, 5.74) is -0.287. The van der Waals surface area contributed by atoms with Gasteiger partial charge < -0.3 is 20.2 Å². The summed E-state index contributed by atoms with van der Waals surface area (Å²) in [6.07, 6.45) is 0. The number of urea groups is 1. The van der Waals surface area contributed by atoms with Gasteiger partial charge in [-0.1, -0.05) is 23.4 Å². The predicted molar refractivity (Wildman–Crippen MR) is 102 cm³/mol. The van der Waals surface area contributed by atoms with Crippen molar-refractivity contribution in [2.24, 2.45) is 0 Å². The highest BCUT2D eigenvalue weighted by Crippen LogP contribution is 2.24. The number of rotatable bonds is 4. The minimum atomic E-state index is -0.938. The number of piperazine rings is 1. The van der Waals surface area contributed by atoms with Gasteiger partial charge in [0, 0.05) is 37.3 Å². The largest absolute Gasteiger partial charge is 0.481 e. The number of carboxylic acids is 1. The molecule has 8 nitrogen and oxygen atoms in total. The molecule has 26 heavy (non-hydrogen) atoms. The van der Waals surface area contributed by atoms with Crippen molar-refractivity contribution < 1.29 is 14.7 Å². The average Bonchev–Trinajstić information content (AvgIpc) is 2.50. The van der Waals surface area contributed by atoms with Crippen LogP contribution < -0.4 is 10.2 Å². The van der Waals surface area contributed by atoms with Crippen molar-refractivity contribution in [3.8, 4) is 0 Å². The Balaban J connectivity index is 2.06. The highest BCUT2D eigenvalue weighted by Gasteiger charge is 2.30. The van der Waals surface area contributed by atoms with Crippen molar-refractivity contribution >= 4 is 41.2 Å². The second-order valence-electron chi connectivity index (χ2n) is 7.18. The van der Waals surface area contributed by atoms with Gasteiger partial charge in [0.15, 0.2) is 5.16 Å². The van der Waals surface area contributed by atoms with Gasteiger partial charge in [0.2, 0.25) is 0 Å². The zero-order chi connectivity index (χ0) is 19.5. The van der Waals surface area contributed by atoms with Crippen LogP contribution in [-0.2, 0) is 4.79 Å². The van der Waals surface area contributed by atoms with Crippen LogP contribution in [0.3, 0.4) is 0 Å². The fourth-order valence-corrected chi connectivity index (χ4v) is 3.40. The standard InChI is InChI=1S/C16H24ClN5O3S/c1-10-8-21(5-6-22(10)15(25)20-16(2,3)4)12-7-11(17)18-14(19-12)26-9-13(23)24/h7,10H,5-6,8-9H2,1-4H3,(H,20,25)(H,23,24)/t10-/m1/s1. The quantitative estimate of drug-likeness (QED) is 0.453. The number of carbonyl (C=O) groups is 2. The van der Waals surface area contributed by atoms with Crippen LogP contribution in [0.5, 0.6) is 0 Å². The second kappa shape index (κ2) is 8.30. The molecule has 1 fully saturated rings. The van der Waals surface area contributed by atoms with E-state index in [1.54, 1.807) is 6.07 Å². The Morgan fingerprint density at radius 3 is 2.65 bits per heavy atom. The normalized spacial score (nSPS) is 18.0. The monoisotopic (exact) mass is 401 g/mol. The molecular weight excluding hydrogens is 378 g/mol. The van der Waals surface area contributed by atoms with E-state index in [9.17, 15) is 9.59 Å². The Morgan fingerprint density at radius 1 is 1.38 bits per heavy atom. The summed E-state index contributed by atoms with van der Waals surface area (Å²) in [5.74, 6) is -0.426. The molecule has 1 aromatic rings. The number of carbonyl (C=O) groups excluding carboxylic acids is 1. The fraction of sp³-hybridized carbons (Fsp3) is 0.625. The molecule has 0 unspecified atom stereocenters. The van der Waals surface area contributed by atoms with Crippen molar-refractivity contribution in [1.29, 1.82) is 0 Å². The number of amides is 2. The van der Waals surface area contributed by atoms with Crippen LogP contribution in [0.15, 0.2) is 11.2 Å². The molecule has 0 aromatic carbocycles. The average molecular weight is 402 g/mol. The third-order valence-corrected chi connectivity index (χ3v) is 4.71. The smallest absolute Gasteiger partial charge is 0.318 e. The second-order valence-corrected chi connectivity index (χ2v) is 8.51. The van der Waals surface area contributed by atoms with E-state index in [0.717, 1.165) is 11.8 Å². The van der Waals surface area contributed by atoms with E-state index in [2.05, 4.69) is 15.3 Å². The van der Waals surface area contributed by atoms with Gasteiger partial charge in [-0.25, -0.2) is 14.8 Å². The molecule has 0 saturated carbocycles. The first kappa shape index (κ1) is 20.6. The summed E-state index contributed by atoms with van der Waals surface area (Å²) in [6, 6.07) is 1.57. The minimum Gasteiger partial charge on any atom is -0.481 e. The molecule has 1 atom stereocenters. The van der Waals surface area contributed by atoms with E-state index in [1.165, 1.54) is 0 Å². The molecule has 0 spiro atoms. The Hall–Kier alpha value is -1.74. The van der Waals surface area contributed by atoms with Crippen molar-refractivity contribution in [2.75, 3.05) is 30.3 Å².